The van der Waals surface area contributed by atoms with Gasteiger partial charge in [-0.1, -0.05) is 5.82 Å². The second-order valence-corrected chi connectivity index (χ2v) is 2.91. The lowest BCUT2D eigenvalue weighted by atomic mass is 9.83. The standard InChI is InChI=1S/C6H12BNO2/c7-4-1-3(2-9)6(10)5(4)8/h3-6,9-10H,1-2,8H2/t3-,4-,5+,6-/m1/s1. The van der Waals surface area contributed by atoms with Gasteiger partial charge in [-0.15, -0.1) is 0 Å². The third-order valence-corrected chi connectivity index (χ3v) is 2.18. The summed E-state index contributed by atoms with van der Waals surface area (Å²) in [6.07, 6.45) is -0.00116. The van der Waals surface area contributed by atoms with Crippen LogP contribution in [0.25, 0.3) is 0 Å². The molecule has 1 aliphatic carbocycles. The van der Waals surface area contributed by atoms with Crippen molar-refractivity contribution in [3.8, 4) is 0 Å². The molecule has 1 aliphatic rings. The molecule has 4 N–H and O–H groups in total. The molecule has 2 radical (unpaired) electrons. The van der Waals surface area contributed by atoms with Gasteiger partial charge >= 0.3 is 0 Å². The number of rotatable bonds is 1. The van der Waals surface area contributed by atoms with Gasteiger partial charge in [-0.25, -0.2) is 0 Å². The van der Waals surface area contributed by atoms with E-state index in [1.54, 1.807) is 0 Å². The minimum absolute atomic E-state index is 0.0252. The van der Waals surface area contributed by atoms with Crippen molar-refractivity contribution in [2.45, 2.75) is 24.4 Å². The van der Waals surface area contributed by atoms with Crippen LogP contribution in [0.1, 0.15) is 6.42 Å². The van der Waals surface area contributed by atoms with Gasteiger partial charge in [0.25, 0.3) is 0 Å². The van der Waals surface area contributed by atoms with Gasteiger partial charge in [0.1, 0.15) is 0 Å². The van der Waals surface area contributed by atoms with Gasteiger partial charge in [-0.05, 0) is 6.42 Å². The Bertz CT molecular complexity index is 122. The maximum atomic E-state index is 9.26. The topological polar surface area (TPSA) is 66.5 Å². The van der Waals surface area contributed by atoms with Crippen LogP contribution in [-0.2, 0) is 0 Å². The largest absolute Gasteiger partial charge is 0.396 e. The first-order valence-corrected chi connectivity index (χ1v) is 3.47. The van der Waals surface area contributed by atoms with Gasteiger partial charge in [0, 0.05) is 18.6 Å². The summed E-state index contributed by atoms with van der Waals surface area (Å²) in [5, 5.41) is 18.0. The molecule has 0 amide bonds. The Morgan fingerprint density at radius 3 is 2.40 bits per heavy atom. The molecule has 4 atom stereocenters. The molecule has 4 heteroatoms. The maximum Gasteiger partial charge on any atom is 0.0736 e. The first-order valence-electron chi connectivity index (χ1n) is 3.47. The van der Waals surface area contributed by atoms with Gasteiger partial charge in [0.2, 0.25) is 0 Å². The summed E-state index contributed by atoms with van der Waals surface area (Å²) in [4.78, 5) is 0. The second-order valence-electron chi connectivity index (χ2n) is 2.91. The van der Waals surface area contributed by atoms with Crippen molar-refractivity contribution in [1.82, 2.24) is 0 Å². The zero-order chi connectivity index (χ0) is 7.72. The van der Waals surface area contributed by atoms with Crippen molar-refractivity contribution in [2.75, 3.05) is 6.61 Å². The van der Waals surface area contributed by atoms with Gasteiger partial charge in [-0.3, -0.25) is 0 Å². The molecule has 3 nitrogen and oxygen atoms in total. The highest BCUT2D eigenvalue weighted by Crippen LogP contribution is 2.31. The third kappa shape index (κ3) is 1.19. The Balaban J connectivity index is 2.53. The number of hydrogen-bond donors (Lipinski definition) is 3. The lowest BCUT2D eigenvalue weighted by molar-refractivity contribution is 0.0810. The summed E-state index contributed by atoms with van der Waals surface area (Å²) in [6, 6.07) is -0.364. The quantitative estimate of drug-likeness (QED) is 0.395. The fraction of sp³-hybridized carbons (Fsp3) is 1.00. The predicted molar refractivity (Wildman–Crippen MR) is 38.7 cm³/mol. The summed E-state index contributed by atoms with van der Waals surface area (Å²) in [6.45, 7) is -0.0252. The van der Waals surface area contributed by atoms with Crippen LogP contribution in [0.2, 0.25) is 5.82 Å². The SMILES string of the molecule is [B][C@@H]1C[C@H](CO)[C@@H](O)[C@H]1N. The van der Waals surface area contributed by atoms with Gasteiger partial charge in [-0.2, -0.15) is 0 Å². The van der Waals surface area contributed by atoms with Crippen molar-refractivity contribution in [3.05, 3.63) is 0 Å². The average molecular weight is 141 g/mol. The van der Waals surface area contributed by atoms with E-state index < -0.39 is 6.10 Å². The molecule has 1 fully saturated rings. The third-order valence-electron chi connectivity index (χ3n) is 2.18. The molecule has 0 aromatic heterocycles. The average Bonchev–Trinajstić information content (AvgIpc) is 2.17. The van der Waals surface area contributed by atoms with Crippen LogP contribution >= 0.6 is 0 Å². The van der Waals surface area contributed by atoms with Crippen LogP contribution in [0.5, 0.6) is 0 Å². The van der Waals surface area contributed by atoms with Gasteiger partial charge < -0.3 is 15.9 Å². The van der Waals surface area contributed by atoms with E-state index in [2.05, 4.69) is 0 Å². The number of nitrogens with two attached hydrogens (primary N) is 1. The minimum Gasteiger partial charge on any atom is -0.396 e. The van der Waals surface area contributed by atoms with Gasteiger partial charge in [0.05, 0.1) is 14.0 Å². The second kappa shape index (κ2) is 2.90. The molecule has 1 saturated carbocycles. The van der Waals surface area contributed by atoms with E-state index in [-0.39, 0.29) is 24.4 Å². The normalized spacial score (nSPS) is 47.9. The van der Waals surface area contributed by atoms with E-state index in [0.717, 1.165) is 0 Å². The summed E-state index contributed by atoms with van der Waals surface area (Å²) in [5.41, 5.74) is 5.50. The summed E-state index contributed by atoms with van der Waals surface area (Å²) in [5.74, 6) is -0.280. The zero-order valence-electron chi connectivity index (χ0n) is 5.77. The highest BCUT2D eigenvalue weighted by atomic mass is 16.3. The molecule has 10 heavy (non-hydrogen) atoms. The van der Waals surface area contributed by atoms with Crippen LogP contribution in [0, 0.1) is 5.92 Å². The van der Waals surface area contributed by atoms with Crippen molar-refractivity contribution < 1.29 is 10.2 Å². The van der Waals surface area contributed by atoms with E-state index in [9.17, 15) is 5.11 Å². The molecule has 0 aromatic rings. The molecule has 0 heterocycles. The van der Waals surface area contributed by atoms with Crippen molar-refractivity contribution in [1.29, 1.82) is 0 Å². The zero-order valence-corrected chi connectivity index (χ0v) is 5.77. The van der Waals surface area contributed by atoms with Crippen LogP contribution in [-0.4, -0.2) is 36.8 Å². The maximum absolute atomic E-state index is 9.26. The number of aliphatic hydroxyl groups excluding tert-OH is 2. The molecule has 0 aliphatic heterocycles. The summed E-state index contributed by atoms with van der Waals surface area (Å²) < 4.78 is 0. The highest BCUT2D eigenvalue weighted by molar-refractivity contribution is 6.12. The van der Waals surface area contributed by atoms with E-state index in [4.69, 9.17) is 18.7 Å². The molecular formula is C6H12BNO2. The molecule has 0 aromatic carbocycles. The van der Waals surface area contributed by atoms with Crippen molar-refractivity contribution in [2.24, 2.45) is 11.7 Å². The summed E-state index contributed by atoms with van der Waals surface area (Å²) >= 11 is 0. The smallest absolute Gasteiger partial charge is 0.0736 e. The van der Waals surface area contributed by atoms with E-state index in [1.165, 1.54) is 0 Å². The Morgan fingerprint density at radius 2 is 2.20 bits per heavy atom. The minimum atomic E-state index is -0.625. The molecule has 1 rings (SSSR count). The molecule has 56 valence electrons. The Morgan fingerprint density at radius 1 is 1.60 bits per heavy atom. The molecule has 0 spiro atoms. The molecule has 0 saturated heterocycles. The fourth-order valence-electron chi connectivity index (χ4n) is 1.40. The number of aliphatic hydroxyl groups is 2. The van der Waals surface area contributed by atoms with Crippen LogP contribution < -0.4 is 5.73 Å². The molecular weight excluding hydrogens is 129 g/mol. The van der Waals surface area contributed by atoms with E-state index >= 15 is 0 Å². The highest BCUT2D eigenvalue weighted by Gasteiger charge is 2.36. The number of hydrogen-bond acceptors (Lipinski definition) is 3. The molecule has 0 unspecified atom stereocenters. The van der Waals surface area contributed by atoms with E-state index in [0.29, 0.717) is 6.42 Å². The first kappa shape index (κ1) is 8.05. The Hall–Kier alpha value is -0.0551. The van der Waals surface area contributed by atoms with Crippen molar-refractivity contribution >= 4 is 7.85 Å². The molecule has 0 bridgehead atoms. The lowest BCUT2D eigenvalue weighted by Gasteiger charge is -2.14. The lowest BCUT2D eigenvalue weighted by Crippen LogP contribution is -2.35. The van der Waals surface area contributed by atoms with Crippen LogP contribution in [0.4, 0.5) is 0 Å². The van der Waals surface area contributed by atoms with Crippen LogP contribution in [0.3, 0.4) is 0 Å². The monoisotopic (exact) mass is 141 g/mol. The first-order chi connectivity index (χ1) is 4.66. The Kier molecular flexibility index (Phi) is 2.34. The predicted octanol–water partition coefficient (Wildman–Crippen LogP) is -1.36. The van der Waals surface area contributed by atoms with Crippen molar-refractivity contribution in [3.63, 3.8) is 0 Å². The summed E-state index contributed by atoms with van der Waals surface area (Å²) in [7, 11) is 5.54. The van der Waals surface area contributed by atoms with Gasteiger partial charge in [0.15, 0.2) is 0 Å². The Labute approximate surface area is 61.6 Å². The fourth-order valence-corrected chi connectivity index (χ4v) is 1.40. The van der Waals surface area contributed by atoms with Crippen LogP contribution in [0.15, 0.2) is 0 Å². The van der Waals surface area contributed by atoms with E-state index in [1.807, 2.05) is 0 Å².